The van der Waals surface area contributed by atoms with Crippen molar-refractivity contribution in [2.45, 2.75) is 6.54 Å². The molecule has 144 valence electrons. The fraction of sp³-hybridized carbons (Fsp3) is 0.105. The molecule has 2 aromatic carbocycles. The molecule has 1 aliphatic rings. The molecule has 1 saturated heterocycles. The minimum absolute atomic E-state index is 0.0527. The summed E-state index contributed by atoms with van der Waals surface area (Å²) in [7, 11) is 0. The van der Waals surface area contributed by atoms with Crippen molar-refractivity contribution < 1.29 is 23.5 Å². The Morgan fingerprint density at radius 2 is 2.04 bits per heavy atom. The van der Waals surface area contributed by atoms with Crippen molar-refractivity contribution >= 4 is 46.5 Å². The fourth-order valence-electron chi connectivity index (χ4n) is 2.46. The van der Waals surface area contributed by atoms with Crippen LogP contribution in [0.4, 0.5) is 9.18 Å². The van der Waals surface area contributed by atoms with Gasteiger partial charge in [0.25, 0.3) is 17.1 Å². The van der Waals surface area contributed by atoms with E-state index in [-0.39, 0.29) is 23.1 Å². The quantitative estimate of drug-likeness (QED) is 0.721. The number of nitrogens with zero attached hydrogens (tertiary/aromatic N) is 1. The number of carbonyl (C=O) groups excluding carboxylic acids is 3. The lowest BCUT2D eigenvalue weighted by atomic mass is 10.2. The van der Waals surface area contributed by atoms with Gasteiger partial charge in [-0.1, -0.05) is 29.8 Å². The first-order valence-electron chi connectivity index (χ1n) is 8.04. The van der Waals surface area contributed by atoms with E-state index in [2.05, 4.69) is 0 Å². The smallest absolute Gasteiger partial charge is 0.293 e. The highest BCUT2D eigenvalue weighted by Gasteiger charge is 2.35. The average Bonchev–Trinajstić information content (AvgIpc) is 2.90. The second-order valence-corrected chi connectivity index (χ2v) is 7.23. The highest BCUT2D eigenvalue weighted by Crippen LogP contribution is 2.34. The summed E-state index contributed by atoms with van der Waals surface area (Å²) < 4.78 is 18.4. The Kier molecular flexibility index (Phi) is 6.01. The van der Waals surface area contributed by atoms with E-state index < -0.39 is 22.9 Å². The number of hydrogen-bond donors (Lipinski definition) is 1. The van der Waals surface area contributed by atoms with Crippen LogP contribution >= 0.6 is 23.4 Å². The van der Waals surface area contributed by atoms with E-state index in [1.165, 1.54) is 12.1 Å². The number of benzene rings is 2. The Morgan fingerprint density at radius 3 is 2.75 bits per heavy atom. The summed E-state index contributed by atoms with van der Waals surface area (Å²) >= 11 is 6.78. The molecule has 3 rings (SSSR count). The summed E-state index contributed by atoms with van der Waals surface area (Å²) in [6, 6.07) is 10.4. The van der Waals surface area contributed by atoms with E-state index in [1.54, 1.807) is 30.3 Å². The van der Waals surface area contributed by atoms with Gasteiger partial charge >= 0.3 is 0 Å². The summed E-state index contributed by atoms with van der Waals surface area (Å²) in [4.78, 5) is 36.9. The van der Waals surface area contributed by atoms with Crippen molar-refractivity contribution in [1.82, 2.24) is 4.90 Å². The van der Waals surface area contributed by atoms with Crippen LogP contribution in [-0.2, 0) is 16.1 Å². The molecule has 1 heterocycles. The molecule has 9 heteroatoms. The highest BCUT2D eigenvalue weighted by molar-refractivity contribution is 8.18. The number of rotatable bonds is 6. The van der Waals surface area contributed by atoms with E-state index in [1.807, 2.05) is 0 Å². The maximum atomic E-state index is 13.2. The summed E-state index contributed by atoms with van der Waals surface area (Å²) in [6.45, 7) is -0.318. The van der Waals surface area contributed by atoms with Gasteiger partial charge in [0.2, 0.25) is 0 Å². The van der Waals surface area contributed by atoms with Crippen LogP contribution in [0.3, 0.4) is 0 Å². The Morgan fingerprint density at radius 1 is 1.25 bits per heavy atom. The van der Waals surface area contributed by atoms with E-state index in [0.29, 0.717) is 16.9 Å². The van der Waals surface area contributed by atoms with E-state index in [0.717, 1.165) is 22.7 Å². The van der Waals surface area contributed by atoms with Gasteiger partial charge in [0.15, 0.2) is 6.61 Å². The first kappa shape index (κ1) is 19.9. The van der Waals surface area contributed by atoms with Gasteiger partial charge in [0, 0.05) is 5.02 Å². The molecule has 1 aliphatic heterocycles. The second-order valence-electron chi connectivity index (χ2n) is 5.83. The predicted molar refractivity (Wildman–Crippen MR) is 104 cm³/mol. The lowest BCUT2D eigenvalue weighted by Gasteiger charge is -2.13. The third kappa shape index (κ3) is 4.71. The van der Waals surface area contributed by atoms with E-state index >= 15 is 0 Å². The molecular formula is C19H14ClFN2O4S. The van der Waals surface area contributed by atoms with Crippen LogP contribution in [0, 0.1) is 5.82 Å². The van der Waals surface area contributed by atoms with Gasteiger partial charge in [-0.05, 0) is 53.2 Å². The zero-order valence-corrected chi connectivity index (χ0v) is 15.9. The number of hydrogen-bond acceptors (Lipinski definition) is 5. The monoisotopic (exact) mass is 420 g/mol. The topological polar surface area (TPSA) is 89.7 Å². The number of ether oxygens (including phenoxy) is 1. The zero-order valence-electron chi connectivity index (χ0n) is 14.4. The number of thioether (sulfide) groups is 1. The van der Waals surface area contributed by atoms with Gasteiger partial charge in [-0.15, -0.1) is 0 Å². The number of nitrogens with two attached hydrogens (primary N) is 1. The minimum Gasteiger partial charge on any atom is -0.484 e. The fourth-order valence-corrected chi connectivity index (χ4v) is 3.52. The third-order valence-electron chi connectivity index (χ3n) is 3.75. The molecule has 3 amide bonds. The molecular weight excluding hydrogens is 407 g/mol. The average molecular weight is 421 g/mol. The van der Waals surface area contributed by atoms with Crippen molar-refractivity contribution in [3.05, 3.63) is 69.3 Å². The van der Waals surface area contributed by atoms with Crippen LogP contribution in [0.15, 0.2) is 47.4 Å². The van der Waals surface area contributed by atoms with Gasteiger partial charge in [-0.3, -0.25) is 19.3 Å². The third-order valence-corrected chi connectivity index (χ3v) is 5.01. The summed E-state index contributed by atoms with van der Waals surface area (Å²) in [5.74, 6) is -1.17. The van der Waals surface area contributed by atoms with Crippen LogP contribution in [0.2, 0.25) is 5.02 Å². The van der Waals surface area contributed by atoms with Gasteiger partial charge in [-0.25, -0.2) is 4.39 Å². The van der Waals surface area contributed by atoms with Crippen LogP contribution < -0.4 is 10.5 Å². The first-order chi connectivity index (χ1) is 13.3. The summed E-state index contributed by atoms with van der Waals surface area (Å²) in [6.07, 6.45) is 1.55. The largest absolute Gasteiger partial charge is 0.484 e. The normalized spacial score (nSPS) is 15.4. The molecule has 0 spiro atoms. The predicted octanol–water partition coefficient (Wildman–Crippen LogP) is 3.58. The van der Waals surface area contributed by atoms with E-state index in [4.69, 9.17) is 22.1 Å². The molecule has 0 aliphatic carbocycles. The van der Waals surface area contributed by atoms with Crippen LogP contribution in [0.1, 0.15) is 11.1 Å². The lowest BCUT2D eigenvalue weighted by Crippen LogP contribution is -2.27. The molecule has 6 nitrogen and oxygen atoms in total. The molecule has 2 N–H and O–H groups in total. The standard InChI is InChI=1S/C19H14ClFN2O4S/c20-15-8-13(21)5-4-12(15)9-23-18(25)16(28-19(23)26)7-11-2-1-3-14(6-11)27-10-17(22)24/h1-8H,9-10H2,(H2,22,24)/b16-7-. The lowest BCUT2D eigenvalue weighted by molar-refractivity contribution is -0.123. The van der Waals surface area contributed by atoms with Gasteiger partial charge in [0.1, 0.15) is 11.6 Å². The molecule has 0 aromatic heterocycles. The van der Waals surface area contributed by atoms with Gasteiger partial charge < -0.3 is 10.5 Å². The molecule has 28 heavy (non-hydrogen) atoms. The highest BCUT2D eigenvalue weighted by atomic mass is 35.5. The Bertz CT molecular complexity index is 996. The summed E-state index contributed by atoms with van der Waals surface area (Å²) in [5, 5.41) is -0.305. The molecule has 0 unspecified atom stereocenters. The minimum atomic E-state index is -0.606. The van der Waals surface area contributed by atoms with Gasteiger partial charge in [0.05, 0.1) is 11.4 Å². The zero-order chi connectivity index (χ0) is 20.3. The molecule has 2 aromatic rings. The maximum Gasteiger partial charge on any atom is 0.293 e. The van der Waals surface area contributed by atoms with Crippen molar-refractivity contribution in [3.63, 3.8) is 0 Å². The van der Waals surface area contributed by atoms with Crippen LogP contribution in [0.25, 0.3) is 6.08 Å². The number of primary amides is 1. The number of halogens is 2. The van der Waals surface area contributed by atoms with Gasteiger partial charge in [-0.2, -0.15) is 0 Å². The second kappa shape index (κ2) is 8.45. The number of imide groups is 1. The summed E-state index contributed by atoms with van der Waals surface area (Å²) in [5.41, 5.74) is 6.13. The molecule has 0 atom stereocenters. The van der Waals surface area contributed by atoms with Crippen LogP contribution in [0.5, 0.6) is 5.75 Å². The molecule has 0 radical (unpaired) electrons. The Hall–Kier alpha value is -2.84. The van der Waals surface area contributed by atoms with Crippen molar-refractivity contribution in [2.75, 3.05) is 6.61 Å². The van der Waals surface area contributed by atoms with Crippen molar-refractivity contribution in [2.24, 2.45) is 5.73 Å². The SMILES string of the molecule is NC(=O)COc1cccc(/C=C2\SC(=O)N(Cc3ccc(F)cc3Cl)C2=O)c1. The first-order valence-corrected chi connectivity index (χ1v) is 9.23. The number of amides is 3. The van der Waals surface area contributed by atoms with Crippen LogP contribution in [-0.4, -0.2) is 28.6 Å². The molecule has 1 fully saturated rings. The number of carbonyl (C=O) groups is 3. The van der Waals surface area contributed by atoms with Crippen molar-refractivity contribution in [1.29, 1.82) is 0 Å². The molecule has 0 bridgehead atoms. The Balaban J connectivity index is 1.77. The maximum absolute atomic E-state index is 13.2. The Labute approximate surface area is 169 Å². The van der Waals surface area contributed by atoms with Crippen molar-refractivity contribution in [3.8, 4) is 5.75 Å². The molecule has 0 saturated carbocycles. The van der Waals surface area contributed by atoms with E-state index in [9.17, 15) is 18.8 Å².